The van der Waals surface area contributed by atoms with E-state index in [-0.39, 0.29) is 0 Å². The van der Waals surface area contributed by atoms with Gasteiger partial charge in [0, 0.05) is 30.1 Å². The van der Waals surface area contributed by atoms with Gasteiger partial charge in [0.1, 0.15) is 0 Å². The van der Waals surface area contributed by atoms with Gasteiger partial charge in [-0.15, -0.1) is 11.3 Å². The average molecular weight is 378 g/mol. The number of anilines is 1. The van der Waals surface area contributed by atoms with Crippen LogP contribution in [0.5, 0.6) is 0 Å². The van der Waals surface area contributed by atoms with Crippen LogP contribution in [0.15, 0.2) is 65.6 Å². The van der Waals surface area contributed by atoms with Gasteiger partial charge >= 0.3 is 5.97 Å². The van der Waals surface area contributed by atoms with Crippen molar-refractivity contribution in [1.29, 1.82) is 0 Å². The molecule has 0 unspecified atom stereocenters. The van der Waals surface area contributed by atoms with Gasteiger partial charge in [-0.05, 0) is 23.6 Å². The third-order valence-electron chi connectivity index (χ3n) is 4.28. The summed E-state index contributed by atoms with van der Waals surface area (Å²) in [5, 5.41) is 12.2. The number of thiazole rings is 1. The third kappa shape index (κ3) is 4.83. The molecule has 138 valence electrons. The molecule has 2 aromatic carbocycles. The van der Waals surface area contributed by atoms with Crippen molar-refractivity contribution in [1.82, 2.24) is 4.98 Å². The highest BCUT2D eigenvalue weighted by atomic mass is 32.1. The summed E-state index contributed by atoms with van der Waals surface area (Å²) in [5.74, 6) is -0.862. The zero-order valence-corrected chi connectivity index (χ0v) is 16.2. The maximum atomic E-state index is 11.1. The summed E-state index contributed by atoms with van der Waals surface area (Å²) in [6, 6.07) is 18.1. The maximum absolute atomic E-state index is 11.1. The topological polar surface area (TPSA) is 53.4 Å². The van der Waals surface area contributed by atoms with E-state index in [4.69, 9.17) is 10.1 Å². The van der Waals surface area contributed by atoms with Crippen LogP contribution in [0.25, 0.3) is 17.3 Å². The van der Waals surface area contributed by atoms with Crippen LogP contribution in [0, 0.1) is 0 Å². The summed E-state index contributed by atoms with van der Waals surface area (Å²) in [4.78, 5) is 18.0. The van der Waals surface area contributed by atoms with Gasteiger partial charge in [-0.1, -0.05) is 61.5 Å². The molecular formula is C22H22N2O2S. The number of carbonyl (C=O) groups is 1. The first-order valence-electron chi connectivity index (χ1n) is 8.81. The van der Waals surface area contributed by atoms with Gasteiger partial charge in [-0.3, -0.25) is 0 Å². The van der Waals surface area contributed by atoms with Gasteiger partial charge in [0.25, 0.3) is 0 Å². The normalized spacial score (nSPS) is 11.4. The van der Waals surface area contributed by atoms with Crippen molar-refractivity contribution in [3.63, 3.8) is 0 Å². The molecule has 3 rings (SSSR count). The van der Waals surface area contributed by atoms with Crippen LogP contribution in [0.3, 0.4) is 0 Å². The molecule has 5 heteroatoms. The largest absolute Gasteiger partial charge is 0.478 e. The molecule has 4 nitrogen and oxygen atoms in total. The molecular weight excluding hydrogens is 356 g/mol. The molecule has 0 aliphatic carbocycles. The summed E-state index contributed by atoms with van der Waals surface area (Å²) in [6.45, 7) is 2.59. The Morgan fingerprint density at radius 3 is 2.48 bits per heavy atom. The maximum Gasteiger partial charge on any atom is 0.331 e. The Labute approximate surface area is 163 Å². The van der Waals surface area contributed by atoms with Crippen LogP contribution in [0.2, 0.25) is 0 Å². The first kappa shape index (κ1) is 18.9. The van der Waals surface area contributed by atoms with Gasteiger partial charge in [0.15, 0.2) is 5.13 Å². The molecule has 0 radical (unpaired) electrons. The van der Waals surface area contributed by atoms with E-state index in [1.165, 1.54) is 0 Å². The summed E-state index contributed by atoms with van der Waals surface area (Å²) in [7, 11) is 2.03. The Kier molecular flexibility index (Phi) is 6.04. The summed E-state index contributed by atoms with van der Waals surface area (Å²) < 4.78 is 0. The quantitative estimate of drug-likeness (QED) is 0.565. The number of carboxylic acids is 1. The molecule has 1 heterocycles. The fourth-order valence-corrected chi connectivity index (χ4v) is 3.56. The van der Waals surface area contributed by atoms with E-state index in [0.717, 1.165) is 34.1 Å². The molecule has 0 saturated heterocycles. The van der Waals surface area contributed by atoms with Crippen LogP contribution in [-0.2, 0) is 11.3 Å². The van der Waals surface area contributed by atoms with E-state index >= 15 is 0 Å². The number of aliphatic carboxylic acids is 1. The van der Waals surface area contributed by atoms with Crippen molar-refractivity contribution in [3.8, 4) is 11.3 Å². The van der Waals surface area contributed by atoms with Crippen molar-refractivity contribution >= 4 is 28.5 Å². The highest BCUT2D eigenvalue weighted by Gasteiger charge is 2.09. The smallest absolute Gasteiger partial charge is 0.331 e. The van der Waals surface area contributed by atoms with E-state index in [0.29, 0.717) is 12.0 Å². The second-order valence-electron chi connectivity index (χ2n) is 6.31. The zero-order valence-electron chi connectivity index (χ0n) is 15.4. The molecule has 0 spiro atoms. The minimum absolute atomic E-state index is 0.413. The first-order valence-corrected chi connectivity index (χ1v) is 9.69. The van der Waals surface area contributed by atoms with Crippen LogP contribution in [-0.4, -0.2) is 23.1 Å². The van der Waals surface area contributed by atoms with Gasteiger partial charge in [0.05, 0.1) is 5.69 Å². The Morgan fingerprint density at radius 1 is 1.15 bits per heavy atom. The Bertz CT molecular complexity index is 930. The standard InChI is InChI=1S/C22H22N2O2S/c1-3-18(21(25)26)13-16-9-11-17(12-10-16)14-24(2)22-23-20(15-27-22)19-7-5-4-6-8-19/h4-13,15H,3,14H2,1-2H3,(H,25,26). The predicted octanol–water partition coefficient (Wildman–Crippen LogP) is 5.32. The first-order chi connectivity index (χ1) is 13.1. The lowest BCUT2D eigenvalue weighted by Crippen LogP contribution is -2.16. The fraction of sp³-hybridized carbons (Fsp3) is 0.182. The van der Waals surface area contributed by atoms with Crippen LogP contribution in [0.4, 0.5) is 5.13 Å². The van der Waals surface area contributed by atoms with Gasteiger partial charge in [-0.2, -0.15) is 0 Å². The highest BCUT2D eigenvalue weighted by molar-refractivity contribution is 7.14. The van der Waals surface area contributed by atoms with E-state index in [2.05, 4.69) is 22.4 Å². The number of carboxylic acid groups (broad SMARTS) is 1. The van der Waals surface area contributed by atoms with Crippen molar-refractivity contribution in [2.45, 2.75) is 19.9 Å². The molecule has 1 N–H and O–H groups in total. The Morgan fingerprint density at radius 2 is 1.85 bits per heavy atom. The summed E-state index contributed by atoms with van der Waals surface area (Å²) in [5.41, 5.74) is 4.58. The SMILES string of the molecule is CCC(=Cc1ccc(CN(C)c2nc(-c3ccccc3)cs2)cc1)C(=O)O. The number of hydrogen-bond acceptors (Lipinski definition) is 4. The Balaban J connectivity index is 1.69. The number of aromatic nitrogens is 1. The van der Waals surface area contributed by atoms with Crippen LogP contribution >= 0.6 is 11.3 Å². The number of benzene rings is 2. The second-order valence-corrected chi connectivity index (χ2v) is 7.14. The molecule has 3 aromatic rings. The van der Waals surface area contributed by atoms with Crippen molar-refractivity contribution < 1.29 is 9.90 Å². The molecule has 0 fully saturated rings. The van der Waals surface area contributed by atoms with Crippen LogP contribution in [0.1, 0.15) is 24.5 Å². The zero-order chi connectivity index (χ0) is 19.2. The predicted molar refractivity (Wildman–Crippen MR) is 112 cm³/mol. The lowest BCUT2D eigenvalue weighted by atomic mass is 10.1. The number of hydrogen-bond donors (Lipinski definition) is 1. The molecule has 1 aromatic heterocycles. The minimum Gasteiger partial charge on any atom is -0.478 e. The molecule has 0 aliphatic heterocycles. The lowest BCUT2D eigenvalue weighted by molar-refractivity contribution is -0.132. The molecule has 27 heavy (non-hydrogen) atoms. The number of nitrogens with zero attached hydrogens (tertiary/aromatic N) is 2. The van der Waals surface area contributed by atoms with Gasteiger partial charge in [0.2, 0.25) is 0 Å². The van der Waals surface area contributed by atoms with Crippen molar-refractivity contribution in [2.75, 3.05) is 11.9 Å². The van der Waals surface area contributed by atoms with E-state index < -0.39 is 5.97 Å². The van der Waals surface area contributed by atoms with E-state index in [1.807, 2.05) is 56.4 Å². The number of rotatable bonds is 7. The second kappa shape index (κ2) is 8.64. The van der Waals surface area contributed by atoms with Crippen molar-refractivity contribution in [3.05, 3.63) is 76.7 Å². The van der Waals surface area contributed by atoms with Crippen LogP contribution < -0.4 is 4.90 Å². The third-order valence-corrected chi connectivity index (χ3v) is 5.24. The van der Waals surface area contributed by atoms with Gasteiger partial charge in [-0.25, -0.2) is 9.78 Å². The minimum atomic E-state index is -0.862. The Hall–Kier alpha value is -2.92. The molecule has 0 atom stereocenters. The molecule has 0 bridgehead atoms. The van der Waals surface area contributed by atoms with E-state index in [1.54, 1.807) is 17.4 Å². The molecule has 0 saturated carbocycles. The van der Waals surface area contributed by atoms with E-state index in [9.17, 15) is 4.79 Å². The summed E-state index contributed by atoms with van der Waals surface area (Å²) >= 11 is 1.63. The summed E-state index contributed by atoms with van der Waals surface area (Å²) in [6.07, 6.45) is 2.23. The fourth-order valence-electron chi connectivity index (χ4n) is 2.76. The monoisotopic (exact) mass is 378 g/mol. The molecule has 0 aliphatic rings. The molecule has 0 amide bonds. The average Bonchev–Trinajstić information content (AvgIpc) is 3.18. The van der Waals surface area contributed by atoms with Crippen molar-refractivity contribution in [2.24, 2.45) is 0 Å². The lowest BCUT2D eigenvalue weighted by Gasteiger charge is -2.15. The van der Waals surface area contributed by atoms with Gasteiger partial charge < -0.3 is 10.0 Å². The highest BCUT2D eigenvalue weighted by Crippen LogP contribution is 2.27.